The van der Waals surface area contributed by atoms with E-state index < -0.39 is 0 Å². The highest BCUT2D eigenvalue weighted by Crippen LogP contribution is 2.21. The summed E-state index contributed by atoms with van der Waals surface area (Å²) in [6.07, 6.45) is 3.80. The Morgan fingerprint density at radius 3 is 2.60 bits per heavy atom. The molecule has 20 heavy (non-hydrogen) atoms. The van der Waals surface area contributed by atoms with E-state index in [2.05, 4.69) is 59.9 Å². The van der Waals surface area contributed by atoms with Crippen LogP contribution in [0, 0.1) is 6.92 Å². The summed E-state index contributed by atoms with van der Waals surface area (Å²) >= 11 is 0. The van der Waals surface area contributed by atoms with Crippen molar-refractivity contribution in [3.63, 3.8) is 0 Å². The van der Waals surface area contributed by atoms with Crippen molar-refractivity contribution in [3.8, 4) is 0 Å². The van der Waals surface area contributed by atoms with E-state index in [4.69, 9.17) is 4.74 Å². The Labute approximate surface area is 120 Å². The standard InChI is InChI=1S/C16H23N3O/c1-12-5-7-15(8-6-12)14(3)18-16-17-9-10-19(16)13(2)11-20-4/h5-10,13-14H,11H2,1-4H3,(H,17,18). The lowest BCUT2D eigenvalue weighted by molar-refractivity contribution is 0.163. The number of nitrogens with zero attached hydrogens (tertiary/aromatic N) is 2. The van der Waals surface area contributed by atoms with Gasteiger partial charge in [0.05, 0.1) is 18.7 Å². The molecule has 0 bridgehead atoms. The predicted molar refractivity (Wildman–Crippen MR) is 82.0 cm³/mol. The molecule has 2 aromatic rings. The van der Waals surface area contributed by atoms with Crippen molar-refractivity contribution < 1.29 is 4.74 Å². The first kappa shape index (κ1) is 14.6. The van der Waals surface area contributed by atoms with Crippen LogP contribution >= 0.6 is 0 Å². The van der Waals surface area contributed by atoms with E-state index in [-0.39, 0.29) is 12.1 Å². The fourth-order valence-corrected chi connectivity index (χ4v) is 2.23. The number of ether oxygens (including phenoxy) is 1. The summed E-state index contributed by atoms with van der Waals surface area (Å²) < 4.78 is 7.31. The maximum Gasteiger partial charge on any atom is 0.203 e. The molecule has 1 N–H and O–H groups in total. The van der Waals surface area contributed by atoms with Gasteiger partial charge >= 0.3 is 0 Å². The SMILES string of the molecule is COCC(C)n1ccnc1NC(C)c1ccc(C)cc1. The number of aryl methyl sites for hydroxylation is 1. The van der Waals surface area contributed by atoms with Crippen LogP contribution in [0.15, 0.2) is 36.7 Å². The Kier molecular flexibility index (Phi) is 4.79. The number of anilines is 1. The van der Waals surface area contributed by atoms with Gasteiger partial charge in [0.2, 0.25) is 5.95 Å². The molecule has 1 aromatic carbocycles. The Hall–Kier alpha value is -1.81. The lowest BCUT2D eigenvalue weighted by Gasteiger charge is -2.20. The Bertz CT molecular complexity index is 533. The molecule has 0 spiro atoms. The van der Waals surface area contributed by atoms with Crippen LogP contribution < -0.4 is 5.32 Å². The molecular formula is C16H23N3O. The average Bonchev–Trinajstić information content (AvgIpc) is 2.88. The van der Waals surface area contributed by atoms with Gasteiger partial charge in [-0.25, -0.2) is 4.98 Å². The summed E-state index contributed by atoms with van der Waals surface area (Å²) in [5.41, 5.74) is 2.53. The number of imidazole rings is 1. The van der Waals surface area contributed by atoms with Crippen LogP contribution in [0.1, 0.15) is 37.1 Å². The highest BCUT2D eigenvalue weighted by atomic mass is 16.5. The zero-order valence-corrected chi connectivity index (χ0v) is 12.6. The molecule has 0 saturated heterocycles. The normalized spacial score (nSPS) is 14.0. The molecule has 0 fully saturated rings. The molecule has 2 atom stereocenters. The van der Waals surface area contributed by atoms with E-state index in [9.17, 15) is 0 Å². The van der Waals surface area contributed by atoms with Gasteiger partial charge in [0.15, 0.2) is 0 Å². The van der Waals surface area contributed by atoms with E-state index in [0.29, 0.717) is 6.61 Å². The van der Waals surface area contributed by atoms with Gasteiger partial charge in [-0.1, -0.05) is 29.8 Å². The van der Waals surface area contributed by atoms with Gasteiger partial charge in [0.25, 0.3) is 0 Å². The minimum atomic E-state index is 0.214. The minimum absolute atomic E-state index is 0.214. The second-order valence-electron chi connectivity index (χ2n) is 5.24. The molecule has 1 heterocycles. The van der Waals surface area contributed by atoms with Crippen LogP contribution in [-0.2, 0) is 4.74 Å². The van der Waals surface area contributed by atoms with E-state index >= 15 is 0 Å². The largest absolute Gasteiger partial charge is 0.383 e. The molecule has 1 aromatic heterocycles. The second-order valence-corrected chi connectivity index (χ2v) is 5.24. The van der Waals surface area contributed by atoms with Gasteiger partial charge in [-0.3, -0.25) is 0 Å². The molecule has 108 valence electrons. The van der Waals surface area contributed by atoms with Crippen LogP contribution in [0.3, 0.4) is 0 Å². The van der Waals surface area contributed by atoms with Crippen molar-refractivity contribution >= 4 is 5.95 Å². The van der Waals surface area contributed by atoms with Crippen LogP contribution in [0.5, 0.6) is 0 Å². The summed E-state index contributed by atoms with van der Waals surface area (Å²) in [6, 6.07) is 9.04. The van der Waals surface area contributed by atoms with Gasteiger partial charge in [-0.2, -0.15) is 0 Å². The third-order valence-electron chi connectivity index (χ3n) is 3.47. The maximum atomic E-state index is 5.21. The molecular weight excluding hydrogens is 250 g/mol. The summed E-state index contributed by atoms with van der Waals surface area (Å²) in [5.74, 6) is 0.877. The van der Waals surface area contributed by atoms with E-state index in [1.54, 1.807) is 7.11 Å². The molecule has 4 nitrogen and oxygen atoms in total. The number of nitrogens with one attached hydrogen (secondary N) is 1. The zero-order chi connectivity index (χ0) is 14.5. The molecule has 0 amide bonds. The second kappa shape index (κ2) is 6.57. The molecule has 0 radical (unpaired) electrons. The lowest BCUT2D eigenvalue weighted by Crippen LogP contribution is -2.16. The van der Waals surface area contributed by atoms with Gasteiger partial charge in [0, 0.05) is 19.5 Å². The zero-order valence-electron chi connectivity index (χ0n) is 12.6. The highest BCUT2D eigenvalue weighted by Gasteiger charge is 2.12. The first-order chi connectivity index (χ1) is 9.61. The van der Waals surface area contributed by atoms with Crippen molar-refractivity contribution in [2.75, 3.05) is 19.0 Å². The van der Waals surface area contributed by atoms with E-state index in [1.807, 2.05) is 12.4 Å². The van der Waals surface area contributed by atoms with Crippen LogP contribution in [0.4, 0.5) is 5.95 Å². The van der Waals surface area contributed by atoms with Gasteiger partial charge in [0.1, 0.15) is 0 Å². The van der Waals surface area contributed by atoms with E-state index in [0.717, 1.165) is 5.95 Å². The molecule has 0 aliphatic heterocycles. The smallest absolute Gasteiger partial charge is 0.203 e. The molecule has 0 saturated carbocycles. The lowest BCUT2D eigenvalue weighted by atomic mass is 10.1. The topological polar surface area (TPSA) is 39.1 Å². The summed E-state index contributed by atoms with van der Waals surface area (Å²) in [4.78, 5) is 4.40. The minimum Gasteiger partial charge on any atom is -0.383 e. The first-order valence-electron chi connectivity index (χ1n) is 6.96. The van der Waals surface area contributed by atoms with Crippen LogP contribution in [0.2, 0.25) is 0 Å². The number of aromatic nitrogens is 2. The van der Waals surface area contributed by atoms with Gasteiger partial charge in [-0.05, 0) is 26.3 Å². The third kappa shape index (κ3) is 3.39. The summed E-state index contributed by atoms with van der Waals surface area (Å²) in [5, 5.41) is 3.46. The van der Waals surface area contributed by atoms with Crippen molar-refractivity contribution in [1.82, 2.24) is 9.55 Å². The number of hydrogen-bond donors (Lipinski definition) is 1. The van der Waals surface area contributed by atoms with Crippen molar-refractivity contribution in [2.45, 2.75) is 32.9 Å². The number of benzene rings is 1. The maximum absolute atomic E-state index is 5.21. The molecule has 4 heteroatoms. The van der Waals surface area contributed by atoms with Gasteiger partial charge in [-0.15, -0.1) is 0 Å². The number of rotatable bonds is 6. The summed E-state index contributed by atoms with van der Waals surface area (Å²) in [7, 11) is 1.72. The molecule has 0 aliphatic carbocycles. The van der Waals surface area contributed by atoms with Crippen LogP contribution in [-0.4, -0.2) is 23.3 Å². The molecule has 0 aliphatic rings. The Balaban J connectivity index is 2.10. The monoisotopic (exact) mass is 273 g/mol. The fraction of sp³-hybridized carbons (Fsp3) is 0.438. The third-order valence-corrected chi connectivity index (χ3v) is 3.47. The Morgan fingerprint density at radius 1 is 1.25 bits per heavy atom. The Morgan fingerprint density at radius 2 is 1.95 bits per heavy atom. The van der Waals surface area contributed by atoms with Gasteiger partial charge < -0.3 is 14.6 Å². The number of hydrogen-bond acceptors (Lipinski definition) is 3. The first-order valence-corrected chi connectivity index (χ1v) is 6.96. The number of methoxy groups -OCH3 is 1. The average molecular weight is 273 g/mol. The predicted octanol–water partition coefficient (Wildman–Crippen LogP) is 3.57. The van der Waals surface area contributed by atoms with Crippen molar-refractivity contribution in [2.24, 2.45) is 0 Å². The van der Waals surface area contributed by atoms with Crippen molar-refractivity contribution in [1.29, 1.82) is 0 Å². The van der Waals surface area contributed by atoms with Crippen LogP contribution in [0.25, 0.3) is 0 Å². The summed E-state index contributed by atoms with van der Waals surface area (Å²) in [6.45, 7) is 7.03. The molecule has 2 rings (SSSR count). The van der Waals surface area contributed by atoms with Crippen molar-refractivity contribution in [3.05, 3.63) is 47.8 Å². The highest BCUT2D eigenvalue weighted by molar-refractivity contribution is 5.34. The molecule has 2 unspecified atom stereocenters. The fourth-order valence-electron chi connectivity index (χ4n) is 2.23. The van der Waals surface area contributed by atoms with E-state index in [1.165, 1.54) is 11.1 Å². The quantitative estimate of drug-likeness (QED) is 0.874.